The zero-order chi connectivity index (χ0) is 28.4. The van der Waals surface area contributed by atoms with Crippen LogP contribution >= 0.6 is 0 Å². The standard InChI is InChI=1S/C18H24N6O5.CHF3O3S/c1-29-17(28)10-4-6-11(7-5-10)22-14(25)9-13-16(27)23-12(15(26)24-13)3-2-8-21-18(19)20;2-1(3,4)8(5,6)7/h4-7,12-13H,2-3,8-9H2,1H3,(H,22,25)(H,23,27)(H,24,26)(H4,19,20,21);(H,5,6,7)/t12-,13-;/m0./s1. The van der Waals surface area contributed by atoms with Gasteiger partial charge in [0.1, 0.15) is 12.1 Å². The number of rotatable bonds is 8. The van der Waals surface area contributed by atoms with Crippen LogP contribution in [0.2, 0.25) is 0 Å². The summed E-state index contributed by atoms with van der Waals surface area (Å²) in [5, 5.41) is 7.80. The molecule has 206 valence electrons. The molecule has 2 atom stereocenters. The van der Waals surface area contributed by atoms with Crippen molar-refractivity contribution in [3.05, 3.63) is 29.8 Å². The van der Waals surface area contributed by atoms with Crippen molar-refractivity contribution in [2.75, 3.05) is 19.0 Å². The molecule has 0 aliphatic carbocycles. The van der Waals surface area contributed by atoms with E-state index in [1.54, 1.807) is 12.1 Å². The number of halogens is 3. The zero-order valence-electron chi connectivity index (χ0n) is 19.3. The monoisotopic (exact) mass is 554 g/mol. The van der Waals surface area contributed by atoms with Gasteiger partial charge in [0.25, 0.3) is 0 Å². The number of nitrogens with two attached hydrogens (primary N) is 2. The summed E-state index contributed by atoms with van der Waals surface area (Å²) in [6.07, 6.45) is 0.759. The average molecular weight is 555 g/mol. The predicted octanol–water partition coefficient (Wildman–Crippen LogP) is -3.03. The SMILES string of the molecule is COC(=O)c1ccc(NC(=O)C[C@@H]2NC(=O)[C@H](CCC[NH+]=C(N)N)NC2=O)cc1.O=S(=O)([O-])C(F)(F)F. The maximum Gasteiger partial charge on any atom is 0.485 e. The summed E-state index contributed by atoms with van der Waals surface area (Å²) in [5.74, 6) is -1.63. The lowest BCUT2D eigenvalue weighted by Gasteiger charge is -2.29. The molecule has 1 aromatic carbocycles. The third-order valence-electron chi connectivity index (χ3n) is 4.53. The van der Waals surface area contributed by atoms with Crippen molar-refractivity contribution in [2.24, 2.45) is 11.5 Å². The predicted molar refractivity (Wildman–Crippen MR) is 119 cm³/mol. The van der Waals surface area contributed by atoms with Gasteiger partial charge in [-0.1, -0.05) is 0 Å². The number of hydrogen-bond donors (Lipinski definition) is 6. The molecule has 1 aliphatic rings. The van der Waals surface area contributed by atoms with Crippen molar-refractivity contribution in [1.29, 1.82) is 0 Å². The third-order valence-corrected chi connectivity index (χ3v) is 5.09. The molecule has 0 spiro atoms. The first-order chi connectivity index (χ1) is 17.0. The van der Waals surface area contributed by atoms with E-state index in [4.69, 9.17) is 24.4 Å². The minimum atomic E-state index is -6.09. The molecule has 37 heavy (non-hydrogen) atoms. The average Bonchev–Trinajstić information content (AvgIpc) is 2.78. The van der Waals surface area contributed by atoms with E-state index in [0.717, 1.165) is 0 Å². The number of carbonyl (C=O) groups is 4. The summed E-state index contributed by atoms with van der Waals surface area (Å²) in [4.78, 5) is 50.7. The highest BCUT2D eigenvalue weighted by atomic mass is 32.2. The molecule has 18 heteroatoms. The molecule has 2 rings (SSSR count). The van der Waals surface area contributed by atoms with E-state index in [2.05, 4.69) is 25.7 Å². The molecule has 1 heterocycles. The summed E-state index contributed by atoms with van der Waals surface area (Å²) in [7, 11) is -4.81. The summed E-state index contributed by atoms with van der Waals surface area (Å²) in [6.45, 7) is 0.475. The smallest absolute Gasteiger partial charge is 0.485 e. The number of anilines is 1. The number of nitrogens with one attached hydrogen (secondary N) is 4. The number of ether oxygens (including phenoxy) is 1. The molecule has 1 saturated heterocycles. The third kappa shape index (κ3) is 10.7. The summed E-state index contributed by atoms with van der Waals surface area (Å²) < 4.78 is 63.5. The van der Waals surface area contributed by atoms with Crippen molar-refractivity contribution in [2.45, 2.75) is 36.9 Å². The highest BCUT2D eigenvalue weighted by molar-refractivity contribution is 7.86. The Balaban J connectivity index is 0.000000738. The molecule has 0 unspecified atom stereocenters. The first kappa shape index (κ1) is 31.1. The Labute approximate surface area is 208 Å². The molecule has 3 amide bonds. The first-order valence-corrected chi connectivity index (χ1v) is 11.7. The van der Waals surface area contributed by atoms with Gasteiger partial charge >= 0.3 is 17.4 Å². The Kier molecular flexibility index (Phi) is 11.3. The van der Waals surface area contributed by atoms with Gasteiger partial charge in [0.05, 0.1) is 25.6 Å². The van der Waals surface area contributed by atoms with Crippen molar-refractivity contribution in [3.63, 3.8) is 0 Å². The van der Waals surface area contributed by atoms with Crippen LogP contribution in [0.15, 0.2) is 24.3 Å². The number of amides is 3. The Morgan fingerprint density at radius 2 is 1.62 bits per heavy atom. The number of hydrogen-bond acceptors (Lipinski definition) is 8. The van der Waals surface area contributed by atoms with E-state index >= 15 is 0 Å². The van der Waals surface area contributed by atoms with Gasteiger partial charge in [-0.15, -0.1) is 0 Å². The van der Waals surface area contributed by atoms with Crippen LogP contribution in [0.4, 0.5) is 18.9 Å². The lowest BCUT2D eigenvalue weighted by atomic mass is 10.0. The van der Waals surface area contributed by atoms with Crippen LogP contribution < -0.4 is 32.4 Å². The number of esters is 1. The topological polar surface area (TPSA) is 237 Å². The number of guanidine groups is 1. The van der Waals surface area contributed by atoms with Crippen LogP contribution in [0, 0.1) is 0 Å². The Bertz CT molecular complexity index is 1120. The highest BCUT2D eigenvalue weighted by Crippen LogP contribution is 2.20. The van der Waals surface area contributed by atoms with E-state index in [0.29, 0.717) is 30.6 Å². The van der Waals surface area contributed by atoms with Crippen LogP contribution in [0.25, 0.3) is 0 Å². The lowest BCUT2D eigenvalue weighted by molar-refractivity contribution is -0.459. The van der Waals surface area contributed by atoms with Crippen molar-refractivity contribution in [1.82, 2.24) is 10.6 Å². The first-order valence-electron chi connectivity index (χ1n) is 10.3. The molecule has 0 bridgehead atoms. The maximum atomic E-state index is 12.2. The van der Waals surface area contributed by atoms with Gasteiger partial charge < -0.3 is 25.2 Å². The normalized spacial score (nSPS) is 17.3. The number of carbonyl (C=O) groups excluding carboxylic acids is 4. The minimum absolute atomic E-state index is 0.0909. The Morgan fingerprint density at radius 1 is 1.11 bits per heavy atom. The van der Waals surface area contributed by atoms with Crippen LogP contribution in [-0.4, -0.2) is 73.9 Å². The summed E-state index contributed by atoms with van der Waals surface area (Å²) in [5.41, 5.74) is 5.72. The fraction of sp³-hybridized carbons (Fsp3) is 0.421. The molecular weight excluding hydrogens is 529 g/mol. The second-order valence-electron chi connectivity index (χ2n) is 7.37. The van der Waals surface area contributed by atoms with Gasteiger partial charge in [0.2, 0.25) is 17.7 Å². The van der Waals surface area contributed by atoms with Gasteiger partial charge in [0.15, 0.2) is 10.1 Å². The lowest BCUT2D eigenvalue weighted by Crippen LogP contribution is -2.78. The van der Waals surface area contributed by atoms with E-state index in [9.17, 15) is 32.3 Å². The summed E-state index contributed by atoms with van der Waals surface area (Å²) in [6, 6.07) is 4.46. The summed E-state index contributed by atoms with van der Waals surface area (Å²) >= 11 is 0. The number of methoxy groups -OCH3 is 1. The van der Waals surface area contributed by atoms with Gasteiger partial charge in [-0.2, -0.15) is 13.2 Å². The Hall–Kier alpha value is -3.93. The largest absolute Gasteiger partial charge is 0.741 e. The van der Waals surface area contributed by atoms with Gasteiger partial charge in [-0.25, -0.2) is 13.2 Å². The van der Waals surface area contributed by atoms with Gasteiger partial charge in [-0.05, 0) is 37.1 Å². The molecule has 0 saturated carbocycles. The van der Waals surface area contributed by atoms with Crippen molar-refractivity contribution >= 4 is 45.5 Å². The van der Waals surface area contributed by atoms with Crippen LogP contribution in [0.1, 0.15) is 29.6 Å². The van der Waals surface area contributed by atoms with E-state index < -0.39 is 45.5 Å². The molecule has 1 aliphatic heterocycles. The van der Waals surface area contributed by atoms with Crippen molar-refractivity contribution < 1.29 is 55.0 Å². The number of piperazine rings is 1. The number of alkyl halides is 3. The van der Waals surface area contributed by atoms with Gasteiger partial charge in [0, 0.05) is 5.69 Å². The van der Waals surface area contributed by atoms with E-state index in [1.807, 2.05) is 0 Å². The highest BCUT2D eigenvalue weighted by Gasteiger charge is 2.37. The Morgan fingerprint density at radius 3 is 2.11 bits per heavy atom. The van der Waals surface area contributed by atoms with Crippen LogP contribution in [0.3, 0.4) is 0 Å². The van der Waals surface area contributed by atoms with Crippen molar-refractivity contribution in [3.8, 4) is 0 Å². The molecule has 14 nitrogen and oxygen atoms in total. The molecule has 1 fully saturated rings. The molecule has 0 aromatic heterocycles. The fourth-order valence-electron chi connectivity index (χ4n) is 2.77. The number of benzene rings is 1. The fourth-order valence-corrected chi connectivity index (χ4v) is 2.77. The second-order valence-corrected chi connectivity index (χ2v) is 8.74. The molecular formula is C19H25F3N6O8S. The molecule has 8 N–H and O–H groups in total. The minimum Gasteiger partial charge on any atom is -0.741 e. The van der Waals surface area contributed by atoms with Crippen LogP contribution in [-0.2, 0) is 29.2 Å². The van der Waals surface area contributed by atoms with E-state index in [1.165, 1.54) is 19.2 Å². The molecule has 0 radical (unpaired) electrons. The van der Waals surface area contributed by atoms with Crippen LogP contribution in [0.5, 0.6) is 0 Å². The van der Waals surface area contributed by atoms with E-state index in [-0.39, 0.29) is 18.3 Å². The van der Waals surface area contributed by atoms with Gasteiger partial charge in [-0.3, -0.25) is 30.8 Å². The molecule has 1 aromatic rings. The zero-order valence-corrected chi connectivity index (χ0v) is 20.1. The quantitative estimate of drug-likeness (QED) is 0.0474. The maximum absolute atomic E-state index is 12.2. The second kappa shape index (κ2) is 13.4.